The molecule has 0 spiro atoms. The van der Waals surface area contributed by atoms with Crippen molar-refractivity contribution in [3.05, 3.63) is 22.7 Å². The Bertz CT molecular complexity index is 481. The van der Waals surface area contributed by atoms with Crippen LogP contribution in [-0.2, 0) is 0 Å². The normalized spacial score (nSPS) is 26.9. The predicted octanol–water partition coefficient (Wildman–Crippen LogP) is 3.06. The first-order valence-corrected chi connectivity index (χ1v) is 7.38. The van der Waals surface area contributed by atoms with Crippen molar-refractivity contribution in [2.75, 3.05) is 5.32 Å². The number of aromatic nitrogens is 2. The molecule has 3 unspecified atom stereocenters. The van der Waals surface area contributed by atoms with Crippen molar-refractivity contribution in [3.8, 4) is 0 Å². The van der Waals surface area contributed by atoms with Gasteiger partial charge >= 0.3 is 0 Å². The van der Waals surface area contributed by atoms with Gasteiger partial charge in [0.15, 0.2) is 5.82 Å². The second kappa shape index (κ2) is 5.76. The maximum Gasteiger partial charge on any atom is 0.293 e. The zero-order chi connectivity index (χ0) is 14.0. The van der Waals surface area contributed by atoms with E-state index in [1.165, 1.54) is 12.8 Å². The summed E-state index contributed by atoms with van der Waals surface area (Å²) < 4.78 is 1.73. The van der Waals surface area contributed by atoms with Crippen LogP contribution >= 0.6 is 0 Å². The van der Waals surface area contributed by atoms with Crippen molar-refractivity contribution >= 4 is 5.82 Å². The van der Waals surface area contributed by atoms with E-state index in [1.807, 2.05) is 13.8 Å². The molecule has 4 heteroatoms. The highest BCUT2D eigenvalue weighted by Crippen LogP contribution is 2.35. The summed E-state index contributed by atoms with van der Waals surface area (Å²) in [6, 6.07) is 0.550. The number of hydrogen-bond donors (Lipinski definition) is 1. The van der Waals surface area contributed by atoms with Crippen molar-refractivity contribution in [1.82, 2.24) is 9.55 Å². The lowest BCUT2D eigenvalue weighted by molar-refractivity contribution is 0.391. The van der Waals surface area contributed by atoms with E-state index >= 15 is 0 Å². The fourth-order valence-electron chi connectivity index (χ4n) is 3.13. The maximum atomic E-state index is 12.3. The Morgan fingerprint density at radius 2 is 2.21 bits per heavy atom. The van der Waals surface area contributed by atoms with Crippen LogP contribution in [0, 0.1) is 11.8 Å². The smallest absolute Gasteiger partial charge is 0.293 e. The monoisotopic (exact) mass is 263 g/mol. The van der Waals surface area contributed by atoms with Gasteiger partial charge in [0.05, 0.1) is 0 Å². The van der Waals surface area contributed by atoms with Crippen molar-refractivity contribution in [2.45, 2.75) is 59.0 Å². The molecule has 1 heterocycles. The zero-order valence-electron chi connectivity index (χ0n) is 12.4. The topological polar surface area (TPSA) is 46.9 Å². The van der Waals surface area contributed by atoms with Gasteiger partial charge in [0, 0.05) is 24.5 Å². The first-order valence-electron chi connectivity index (χ1n) is 7.38. The minimum Gasteiger partial charge on any atom is -0.362 e. The molecule has 2 rings (SSSR count). The summed E-state index contributed by atoms with van der Waals surface area (Å²) in [5, 5.41) is 3.37. The molecule has 1 saturated carbocycles. The van der Waals surface area contributed by atoms with Crippen LogP contribution in [0.1, 0.15) is 53.0 Å². The van der Waals surface area contributed by atoms with Crippen LogP contribution in [0.4, 0.5) is 5.82 Å². The molecule has 1 N–H and O–H groups in total. The molecule has 1 aromatic heterocycles. The van der Waals surface area contributed by atoms with Gasteiger partial charge in [0.2, 0.25) is 0 Å². The summed E-state index contributed by atoms with van der Waals surface area (Å²) in [7, 11) is 0. The Labute approximate surface area is 115 Å². The zero-order valence-corrected chi connectivity index (χ0v) is 12.4. The highest BCUT2D eigenvalue weighted by molar-refractivity contribution is 5.33. The van der Waals surface area contributed by atoms with Crippen molar-refractivity contribution in [1.29, 1.82) is 0 Å². The van der Waals surface area contributed by atoms with Crippen LogP contribution in [0.15, 0.2) is 17.2 Å². The van der Waals surface area contributed by atoms with Gasteiger partial charge in [-0.1, -0.05) is 20.3 Å². The molecule has 1 aliphatic rings. The first-order chi connectivity index (χ1) is 9.04. The van der Waals surface area contributed by atoms with Crippen LogP contribution in [-0.4, -0.2) is 15.6 Å². The van der Waals surface area contributed by atoms with E-state index < -0.39 is 0 Å². The van der Waals surface area contributed by atoms with E-state index in [1.54, 1.807) is 17.0 Å². The molecule has 1 aromatic rings. The average molecular weight is 263 g/mol. The third-order valence-corrected chi connectivity index (χ3v) is 4.50. The van der Waals surface area contributed by atoms with Crippen molar-refractivity contribution < 1.29 is 0 Å². The highest BCUT2D eigenvalue weighted by Gasteiger charge is 2.32. The van der Waals surface area contributed by atoms with E-state index in [0.29, 0.717) is 17.8 Å². The van der Waals surface area contributed by atoms with Crippen LogP contribution in [0.2, 0.25) is 0 Å². The molecule has 1 fully saturated rings. The van der Waals surface area contributed by atoms with Crippen LogP contribution in [0.25, 0.3) is 0 Å². The van der Waals surface area contributed by atoms with E-state index in [9.17, 15) is 4.79 Å². The standard InChI is InChI=1S/C15H25N3O/c1-5-12-6-7-13(11(12)4)17-14-15(19)18(10(2)3)9-8-16-14/h8-13H,5-7H2,1-4H3,(H,16,17). The average Bonchev–Trinajstić information content (AvgIpc) is 2.72. The Morgan fingerprint density at radius 1 is 1.47 bits per heavy atom. The lowest BCUT2D eigenvalue weighted by Gasteiger charge is -2.21. The van der Waals surface area contributed by atoms with Gasteiger partial charge in [-0.3, -0.25) is 4.79 Å². The molecule has 1 aliphatic carbocycles. The second-order valence-corrected chi connectivity index (χ2v) is 5.94. The third kappa shape index (κ3) is 2.82. The van der Waals surface area contributed by atoms with Gasteiger partial charge in [-0.15, -0.1) is 0 Å². The second-order valence-electron chi connectivity index (χ2n) is 5.94. The molecule has 0 radical (unpaired) electrons. The molecule has 0 bridgehead atoms. The summed E-state index contributed by atoms with van der Waals surface area (Å²) >= 11 is 0. The Hall–Kier alpha value is -1.32. The molecule has 4 nitrogen and oxygen atoms in total. The van der Waals surface area contributed by atoms with E-state index in [2.05, 4.69) is 24.1 Å². The highest BCUT2D eigenvalue weighted by atomic mass is 16.1. The van der Waals surface area contributed by atoms with Gasteiger partial charge in [-0.05, 0) is 38.5 Å². The Balaban J connectivity index is 2.16. The van der Waals surface area contributed by atoms with Gasteiger partial charge in [0.25, 0.3) is 5.56 Å². The number of nitrogens with one attached hydrogen (secondary N) is 1. The molecule has 0 amide bonds. The third-order valence-electron chi connectivity index (χ3n) is 4.50. The van der Waals surface area contributed by atoms with Gasteiger partial charge in [-0.25, -0.2) is 4.98 Å². The molecule has 0 aromatic carbocycles. The predicted molar refractivity (Wildman–Crippen MR) is 78.5 cm³/mol. The number of anilines is 1. The van der Waals surface area contributed by atoms with E-state index in [-0.39, 0.29) is 11.6 Å². The molecule has 106 valence electrons. The lowest BCUT2D eigenvalue weighted by atomic mass is 9.93. The molecular formula is C15H25N3O. The summed E-state index contributed by atoms with van der Waals surface area (Å²) in [6.45, 7) is 8.55. The first kappa shape index (κ1) is 14.1. The number of hydrogen-bond acceptors (Lipinski definition) is 3. The summed E-state index contributed by atoms with van der Waals surface area (Å²) in [6.07, 6.45) is 7.07. The molecule has 3 atom stereocenters. The number of nitrogens with zero attached hydrogens (tertiary/aromatic N) is 2. The fourth-order valence-corrected chi connectivity index (χ4v) is 3.13. The SMILES string of the molecule is CCC1CCC(Nc2nccn(C(C)C)c2=O)C1C. The fraction of sp³-hybridized carbons (Fsp3) is 0.733. The molecule has 0 saturated heterocycles. The minimum absolute atomic E-state index is 0.00958. The minimum atomic E-state index is -0.00958. The lowest BCUT2D eigenvalue weighted by Crippen LogP contribution is -2.32. The van der Waals surface area contributed by atoms with Crippen LogP contribution in [0.5, 0.6) is 0 Å². The van der Waals surface area contributed by atoms with E-state index in [4.69, 9.17) is 0 Å². The molecular weight excluding hydrogens is 238 g/mol. The summed E-state index contributed by atoms with van der Waals surface area (Å²) in [5.41, 5.74) is -0.00958. The largest absolute Gasteiger partial charge is 0.362 e. The van der Waals surface area contributed by atoms with Gasteiger partial charge in [-0.2, -0.15) is 0 Å². The Kier molecular flexibility index (Phi) is 4.27. The van der Waals surface area contributed by atoms with Crippen molar-refractivity contribution in [3.63, 3.8) is 0 Å². The Morgan fingerprint density at radius 3 is 2.79 bits per heavy atom. The van der Waals surface area contributed by atoms with Crippen LogP contribution < -0.4 is 10.9 Å². The molecule has 19 heavy (non-hydrogen) atoms. The quantitative estimate of drug-likeness (QED) is 0.908. The maximum absolute atomic E-state index is 12.3. The molecule has 0 aliphatic heterocycles. The van der Waals surface area contributed by atoms with Crippen LogP contribution in [0.3, 0.4) is 0 Å². The van der Waals surface area contributed by atoms with Gasteiger partial charge in [0.1, 0.15) is 0 Å². The van der Waals surface area contributed by atoms with Crippen molar-refractivity contribution in [2.24, 2.45) is 11.8 Å². The van der Waals surface area contributed by atoms with Gasteiger partial charge < -0.3 is 9.88 Å². The summed E-state index contributed by atoms with van der Waals surface area (Å²) in [4.78, 5) is 16.5. The van der Waals surface area contributed by atoms with E-state index in [0.717, 1.165) is 12.3 Å². The summed E-state index contributed by atoms with van der Waals surface area (Å²) in [5.74, 6) is 1.89. The number of rotatable bonds is 4.